The number of morpholine rings is 1. The molecular formula is C29H40N4O5. The minimum absolute atomic E-state index is 0.0448. The quantitative estimate of drug-likeness (QED) is 0.573. The van der Waals surface area contributed by atoms with E-state index >= 15 is 0 Å². The van der Waals surface area contributed by atoms with Crippen molar-refractivity contribution in [2.24, 2.45) is 0 Å². The van der Waals surface area contributed by atoms with E-state index in [0.717, 1.165) is 24.5 Å². The number of benzene rings is 2. The number of carbonyl (C=O) groups excluding carboxylic acids is 2. The smallest absolute Gasteiger partial charge is 0.410 e. The van der Waals surface area contributed by atoms with Gasteiger partial charge in [0.1, 0.15) is 11.4 Å². The number of amides is 2. The molecule has 1 N–H and O–H groups in total. The summed E-state index contributed by atoms with van der Waals surface area (Å²) in [5, 5.41) is 3.46. The van der Waals surface area contributed by atoms with E-state index in [1.807, 2.05) is 39.0 Å². The lowest BCUT2D eigenvalue weighted by atomic mass is 10.1. The van der Waals surface area contributed by atoms with Gasteiger partial charge in [0.25, 0.3) is 5.91 Å². The Morgan fingerprint density at radius 1 is 1.08 bits per heavy atom. The Bertz CT molecular complexity index is 1170. The number of rotatable bonds is 6. The molecule has 9 heteroatoms. The maximum atomic E-state index is 12.6. The number of likely N-dealkylation sites (N-methyl/N-ethyl adjacent to an activating group) is 1. The summed E-state index contributed by atoms with van der Waals surface area (Å²) in [6.07, 6.45) is -0.0110. The van der Waals surface area contributed by atoms with Crippen LogP contribution in [-0.2, 0) is 14.3 Å². The Morgan fingerprint density at radius 3 is 2.34 bits per heavy atom. The van der Waals surface area contributed by atoms with E-state index in [1.54, 1.807) is 11.9 Å². The van der Waals surface area contributed by atoms with Crippen LogP contribution < -0.4 is 19.9 Å². The number of ether oxygens (including phenoxy) is 3. The molecule has 0 saturated carbocycles. The number of hydrogen-bond donors (Lipinski definition) is 1. The highest BCUT2D eigenvalue weighted by molar-refractivity contribution is 5.98. The molecule has 0 aromatic heterocycles. The second kappa shape index (κ2) is 11.1. The minimum atomic E-state index is -0.575. The molecule has 4 rings (SSSR count). The molecular weight excluding hydrogens is 484 g/mol. The molecule has 1 fully saturated rings. The number of anilines is 4. The zero-order valence-corrected chi connectivity index (χ0v) is 23.5. The average Bonchev–Trinajstić information content (AvgIpc) is 2.81. The number of aryl methyl sites for hydroxylation is 1. The third-order valence-corrected chi connectivity index (χ3v) is 6.51. The van der Waals surface area contributed by atoms with Crippen LogP contribution in [0.1, 0.15) is 40.2 Å². The first-order valence-corrected chi connectivity index (χ1v) is 13.2. The Morgan fingerprint density at radius 2 is 1.71 bits per heavy atom. The molecule has 2 aromatic carbocycles. The zero-order chi connectivity index (χ0) is 27.6. The number of nitrogens with one attached hydrogen (secondary N) is 1. The first-order chi connectivity index (χ1) is 17.9. The minimum Gasteiger partial charge on any atom is -0.481 e. The Hall–Kier alpha value is -3.46. The van der Waals surface area contributed by atoms with Crippen molar-refractivity contribution in [3.05, 3.63) is 42.0 Å². The predicted octanol–water partition coefficient (Wildman–Crippen LogP) is 4.94. The van der Waals surface area contributed by atoms with Gasteiger partial charge in [-0.2, -0.15) is 0 Å². The van der Waals surface area contributed by atoms with Crippen molar-refractivity contribution >= 4 is 34.7 Å². The van der Waals surface area contributed by atoms with Crippen LogP contribution in [0.25, 0.3) is 0 Å². The van der Waals surface area contributed by atoms with Crippen LogP contribution >= 0.6 is 0 Å². The highest BCUT2D eigenvalue weighted by Gasteiger charge is 2.28. The lowest BCUT2D eigenvalue weighted by molar-refractivity contribution is -0.121. The summed E-state index contributed by atoms with van der Waals surface area (Å²) in [7, 11) is 1.67. The summed E-state index contributed by atoms with van der Waals surface area (Å²) in [6, 6.07) is 12.1. The maximum absolute atomic E-state index is 12.6. The van der Waals surface area contributed by atoms with E-state index < -0.39 is 11.7 Å². The molecule has 2 amide bonds. The van der Waals surface area contributed by atoms with Crippen molar-refractivity contribution in [3.8, 4) is 5.75 Å². The standard InChI is InChI=1S/C29H40N4O5/c1-19-14-22(8-10-24(19)32-16-20(2)37-21(3)17-32)30-23-9-11-25-26(15-23)36-18-27(34)33(25)13-12-31(7)28(35)38-29(4,5)6/h8-11,14-15,20-21,30H,12-13,16-18H2,1-7H3. The van der Waals surface area contributed by atoms with Gasteiger partial charge in [-0.3, -0.25) is 4.79 Å². The van der Waals surface area contributed by atoms with Crippen LogP contribution in [0.2, 0.25) is 0 Å². The van der Waals surface area contributed by atoms with Crippen LogP contribution in [0.4, 0.5) is 27.5 Å². The van der Waals surface area contributed by atoms with Crippen LogP contribution in [-0.4, -0.2) is 74.5 Å². The molecule has 9 nitrogen and oxygen atoms in total. The van der Waals surface area contributed by atoms with Crippen molar-refractivity contribution in [1.82, 2.24) is 4.90 Å². The second-order valence-electron chi connectivity index (χ2n) is 11.2. The van der Waals surface area contributed by atoms with E-state index in [9.17, 15) is 9.59 Å². The van der Waals surface area contributed by atoms with Crippen LogP contribution in [0.3, 0.4) is 0 Å². The molecule has 2 aliphatic heterocycles. The summed E-state index contributed by atoms with van der Waals surface area (Å²) in [4.78, 5) is 30.4. The van der Waals surface area contributed by atoms with E-state index in [-0.39, 0.29) is 24.7 Å². The van der Waals surface area contributed by atoms with Crippen LogP contribution in [0.5, 0.6) is 5.75 Å². The highest BCUT2D eigenvalue weighted by Crippen LogP contribution is 2.36. The van der Waals surface area contributed by atoms with Gasteiger partial charge in [-0.1, -0.05) is 0 Å². The molecule has 0 aliphatic carbocycles. The van der Waals surface area contributed by atoms with Crippen molar-refractivity contribution in [2.75, 3.05) is 55.0 Å². The number of nitrogens with zero attached hydrogens (tertiary/aromatic N) is 3. The predicted molar refractivity (Wildman–Crippen MR) is 150 cm³/mol. The lowest BCUT2D eigenvalue weighted by Gasteiger charge is -2.37. The molecule has 2 unspecified atom stereocenters. The topological polar surface area (TPSA) is 83.6 Å². The van der Waals surface area contributed by atoms with Gasteiger partial charge in [0.2, 0.25) is 0 Å². The fourth-order valence-electron chi connectivity index (χ4n) is 4.84. The summed E-state index contributed by atoms with van der Waals surface area (Å²) in [5.74, 6) is 0.480. The summed E-state index contributed by atoms with van der Waals surface area (Å²) in [6.45, 7) is 14.2. The van der Waals surface area contributed by atoms with Crippen LogP contribution in [0, 0.1) is 6.92 Å². The summed E-state index contributed by atoms with van der Waals surface area (Å²) in [5.41, 5.74) is 4.36. The number of hydrogen-bond acceptors (Lipinski definition) is 7. The molecule has 2 aliphatic rings. The molecule has 1 saturated heterocycles. The van der Waals surface area contributed by atoms with Crippen molar-refractivity contribution in [1.29, 1.82) is 0 Å². The maximum Gasteiger partial charge on any atom is 0.410 e. The van der Waals surface area contributed by atoms with Crippen molar-refractivity contribution in [3.63, 3.8) is 0 Å². The Kier molecular flexibility index (Phi) is 8.06. The van der Waals surface area contributed by atoms with Gasteiger partial charge in [-0.15, -0.1) is 0 Å². The summed E-state index contributed by atoms with van der Waals surface area (Å²) < 4.78 is 17.0. The van der Waals surface area contributed by atoms with Crippen molar-refractivity contribution in [2.45, 2.75) is 59.4 Å². The number of carbonyl (C=O) groups is 2. The first kappa shape index (κ1) is 27.6. The van der Waals surface area contributed by atoms with Gasteiger partial charge in [-0.05, 0) is 77.4 Å². The fourth-order valence-corrected chi connectivity index (χ4v) is 4.84. The third-order valence-electron chi connectivity index (χ3n) is 6.51. The second-order valence-corrected chi connectivity index (χ2v) is 11.2. The van der Waals surface area contributed by atoms with Gasteiger partial charge in [-0.25, -0.2) is 4.79 Å². The van der Waals surface area contributed by atoms with Gasteiger partial charge in [0, 0.05) is 56.4 Å². The average molecular weight is 525 g/mol. The van der Waals surface area contributed by atoms with Crippen LogP contribution in [0.15, 0.2) is 36.4 Å². The normalized spacial score (nSPS) is 19.5. The van der Waals surface area contributed by atoms with Gasteiger partial charge >= 0.3 is 6.09 Å². The molecule has 0 radical (unpaired) electrons. The Labute approximate surface area is 225 Å². The fraction of sp³-hybridized carbons (Fsp3) is 0.517. The molecule has 0 spiro atoms. The number of fused-ring (bicyclic) bond motifs is 1. The molecule has 38 heavy (non-hydrogen) atoms. The Balaban J connectivity index is 1.43. The SMILES string of the molecule is Cc1cc(Nc2ccc3c(c2)OCC(=O)N3CCN(C)C(=O)OC(C)(C)C)ccc1N1CC(C)OC(C)C1. The van der Waals surface area contributed by atoms with Crippen molar-refractivity contribution < 1.29 is 23.8 Å². The molecule has 2 heterocycles. The molecule has 0 bridgehead atoms. The summed E-state index contributed by atoms with van der Waals surface area (Å²) >= 11 is 0. The zero-order valence-electron chi connectivity index (χ0n) is 23.5. The molecule has 2 aromatic rings. The van der Waals surface area contributed by atoms with Gasteiger partial charge in [0.15, 0.2) is 6.61 Å². The molecule has 206 valence electrons. The van der Waals surface area contributed by atoms with E-state index in [4.69, 9.17) is 14.2 Å². The largest absolute Gasteiger partial charge is 0.481 e. The third kappa shape index (κ3) is 6.69. The van der Waals surface area contributed by atoms with Gasteiger partial charge < -0.3 is 34.2 Å². The highest BCUT2D eigenvalue weighted by atomic mass is 16.6. The first-order valence-electron chi connectivity index (χ1n) is 13.2. The molecule has 2 atom stereocenters. The lowest BCUT2D eigenvalue weighted by Crippen LogP contribution is -2.45. The van der Waals surface area contributed by atoms with E-state index in [0.29, 0.717) is 24.5 Å². The monoisotopic (exact) mass is 524 g/mol. The van der Waals surface area contributed by atoms with Gasteiger partial charge in [0.05, 0.1) is 17.9 Å². The van der Waals surface area contributed by atoms with E-state index in [1.165, 1.54) is 16.2 Å². The van der Waals surface area contributed by atoms with E-state index in [2.05, 4.69) is 49.2 Å².